The van der Waals surface area contributed by atoms with Crippen molar-refractivity contribution in [1.29, 1.82) is 0 Å². The van der Waals surface area contributed by atoms with Crippen LogP contribution in [0.15, 0.2) is 11.3 Å². The van der Waals surface area contributed by atoms with Gasteiger partial charge in [0.05, 0.1) is 0 Å². The highest BCUT2D eigenvalue weighted by Crippen LogP contribution is 1.94. The predicted molar refractivity (Wildman–Crippen MR) is 90.7 cm³/mol. The van der Waals surface area contributed by atoms with Gasteiger partial charge in [0.15, 0.2) is 5.96 Å². The van der Waals surface area contributed by atoms with Crippen LogP contribution in [-0.4, -0.2) is 54.6 Å². The maximum Gasteiger partial charge on any atom is 0.191 e. The Kier molecular flexibility index (Phi) is 11.4. The zero-order valence-corrected chi connectivity index (χ0v) is 14.8. The lowest BCUT2D eigenvalue weighted by atomic mass is 10.4. The Hall–Kier alpha value is -0.900. The van der Waals surface area contributed by atoms with E-state index in [2.05, 4.69) is 32.7 Å². The summed E-state index contributed by atoms with van der Waals surface area (Å²) in [5.41, 5.74) is 0. The van der Waals surface area contributed by atoms with Crippen LogP contribution in [0.3, 0.4) is 0 Å². The molecular weight excluding hydrogens is 371 g/mol. The minimum Gasteiger partial charge on any atom is -0.385 e. The van der Waals surface area contributed by atoms with Crippen molar-refractivity contribution in [3.63, 3.8) is 0 Å². The van der Waals surface area contributed by atoms with Gasteiger partial charge < -0.3 is 19.9 Å². The number of hydrogen-bond acceptors (Lipinski definition) is 4. The van der Waals surface area contributed by atoms with Gasteiger partial charge in [0.2, 0.25) is 0 Å². The first-order valence-corrected chi connectivity index (χ1v) is 6.62. The minimum absolute atomic E-state index is 0. The molecule has 0 aliphatic heterocycles. The van der Waals surface area contributed by atoms with E-state index >= 15 is 0 Å². The number of ether oxygens (including phenoxy) is 1. The number of guanidine groups is 1. The Balaban J connectivity index is 0.00000361. The van der Waals surface area contributed by atoms with Gasteiger partial charge in [0.1, 0.15) is 12.2 Å². The van der Waals surface area contributed by atoms with Gasteiger partial charge >= 0.3 is 0 Å². The summed E-state index contributed by atoms with van der Waals surface area (Å²) < 4.78 is 7.04. The van der Waals surface area contributed by atoms with Crippen LogP contribution < -0.4 is 10.6 Å². The topological polar surface area (TPSA) is 76.4 Å². The highest BCUT2D eigenvalue weighted by Gasteiger charge is 2.01. The summed E-state index contributed by atoms with van der Waals surface area (Å²) in [5, 5.41) is 14.4. The molecule has 0 atom stereocenters. The smallest absolute Gasteiger partial charge is 0.191 e. The Morgan fingerprint density at radius 2 is 2.15 bits per heavy atom. The molecule has 0 fully saturated rings. The third-order valence-electron chi connectivity index (χ3n) is 2.70. The first-order valence-electron chi connectivity index (χ1n) is 6.62. The van der Waals surface area contributed by atoms with Crippen LogP contribution in [0.1, 0.15) is 19.2 Å². The minimum atomic E-state index is 0. The number of aromatic nitrogens is 3. The predicted octanol–water partition coefficient (Wildman–Crippen LogP) is 0.660. The molecule has 1 aromatic heterocycles. The SMILES string of the molecule is CCc1nncn1CCNC(=NC)NCCCOC.I. The molecule has 0 unspecified atom stereocenters. The lowest BCUT2D eigenvalue weighted by Gasteiger charge is -2.12. The average molecular weight is 396 g/mol. The van der Waals surface area contributed by atoms with Crippen LogP contribution in [-0.2, 0) is 17.7 Å². The number of rotatable bonds is 8. The molecule has 0 aromatic carbocycles. The molecule has 0 aliphatic carbocycles. The summed E-state index contributed by atoms with van der Waals surface area (Å²) >= 11 is 0. The molecular formula is C12H25IN6O. The molecule has 0 spiro atoms. The molecule has 0 radical (unpaired) electrons. The number of methoxy groups -OCH3 is 1. The first-order chi connectivity index (χ1) is 9.31. The van der Waals surface area contributed by atoms with E-state index in [4.69, 9.17) is 4.74 Å². The fourth-order valence-corrected chi connectivity index (χ4v) is 1.68. The molecule has 1 aromatic rings. The zero-order chi connectivity index (χ0) is 13.9. The maximum absolute atomic E-state index is 5.00. The van der Waals surface area contributed by atoms with Crippen molar-refractivity contribution in [2.75, 3.05) is 33.9 Å². The second-order valence-corrected chi connectivity index (χ2v) is 4.07. The van der Waals surface area contributed by atoms with Crippen LogP contribution in [0.5, 0.6) is 0 Å². The lowest BCUT2D eigenvalue weighted by molar-refractivity contribution is 0.195. The Bertz CT molecular complexity index is 382. The van der Waals surface area contributed by atoms with Crippen LogP contribution in [0.2, 0.25) is 0 Å². The van der Waals surface area contributed by atoms with Crippen molar-refractivity contribution in [2.45, 2.75) is 26.3 Å². The third-order valence-corrected chi connectivity index (χ3v) is 2.70. The Labute approximate surface area is 137 Å². The first kappa shape index (κ1) is 19.1. The number of nitrogens with zero attached hydrogens (tertiary/aromatic N) is 4. The summed E-state index contributed by atoms with van der Waals surface area (Å²) in [6, 6.07) is 0. The fourth-order valence-electron chi connectivity index (χ4n) is 1.68. The van der Waals surface area contributed by atoms with Gasteiger partial charge in [0.25, 0.3) is 0 Å². The van der Waals surface area contributed by atoms with Crippen molar-refractivity contribution < 1.29 is 4.74 Å². The standard InChI is InChI=1S/C12H24N6O.HI/c1-4-11-17-16-10-18(11)8-7-15-12(13-2)14-6-5-9-19-3;/h10H,4-9H2,1-3H3,(H2,13,14,15);1H. The monoisotopic (exact) mass is 396 g/mol. The second-order valence-electron chi connectivity index (χ2n) is 4.07. The summed E-state index contributed by atoms with van der Waals surface area (Å²) in [6.07, 6.45) is 3.61. The van der Waals surface area contributed by atoms with Crippen LogP contribution in [0, 0.1) is 0 Å². The van der Waals surface area contributed by atoms with Gasteiger partial charge in [-0.2, -0.15) is 0 Å². The van der Waals surface area contributed by atoms with Crippen molar-refractivity contribution in [3.8, 4) is 0 Å². The Morgan fingerprint density at radius 3 is 2.80 bits per heavy atom. The van der Waals surface area contributed by atoms with Gasteiger partial charge in [-0.15, -0.1) is 34.2 Å². The summed E-state index contributed by atoms with van der Waals surface area (Å²) in [7, 11) is 3.47. The molecule has 2 N–H and O–H groups in total. The largest absolute Gasteiger partial charge is 0.385 e. The summed E-state index contributed by atoms with van der Waals surface area (Å²) in [5.74, 6) is 1.81. The van der Waals surface area contributed by atoms with Gasteiger partial charge in [-0.3, -0.25) is 4.99 Å². The molecule has 0 aliphatic rings. The van der Waals surface area contributed by atoms with E-state index < -0.39 is 0 Å². The molecule has 0 saturated heterocycles. The van der Waals surface area contributed by atoms with Gasteiger partial charge in [0, 0.05) is 46.8 Å². The molecule has 116 valence electrons. The molecule has 0 saturated carbocycles. The van der Waals surface area contributed by atoms with Gasteiger partial charge in [-0.05, 0) is 6.42 Å². The fraction of sp³-hybridized carbons (Fsp3) is 0.750. The third kappa shape index (κ3) is 7.04. The maximum atomic E-state index is 5.00. The van der Waals surface area contributed by atoms with Crippen LogP contribution in [0.25, 0.3) is 0 Å². The van der Waals surface area contributed by atoms with E-state index in [1.165, 1.54) is 0 Å². The van der Waals surface area contributed by atoms with E-state index in [0.29, 0.717) is 0 Å². The van der Waals surface area contributed by atoms with E-state index in [-0.39, 0.29) is 24.0 Å². The number of halogens is 1. The molecule has 20 heavy (non-hydrogen) atoms. The normalized spacial score (nSPS) is 11.1. The van der Waals surface area contributed by atoms with Crippen molar-refractivity contribution >= 4 is 29.9 Å². The molecule has 1 rings (SSSR count). The van der Waals surface area contributed by atoms with E-state index in [9.17, 15) is 0 Å². The van der Waals surface area contributed by atoms with Crippen molar-refractivity contribution in [3.05, 3.63) is 12.2 Å². The van der Waals surface area contributed by atoms with Gasteiger partial charge in [-0.1, -0.05) is 6.92 Å². The summed E-state index contributed by atoms with van der Waals surface area (Å²) in [4.78, 5) is 4.16. The average Bonchev–Trinajstić information content (AvgIpc) is 2.89. The molecule has 0 bridgehead atoms. The van der Waals surface area contributed by atoms with Crippen molar-refractivity contribution in [2.24, 2.45) is 4.99 Å². The molecule has 0 amide bonds. The highest BCUT2D eigenvalue weighted by molar-refractivity contribution is 14.0. The zero-order valence-electron chi connectivity index (χ0n) is 12.4. The molecule has 7 nitrogen and oxygen atoms in total. The van der Waals surface area contributed by atoms with Crippen LogP contribution >= 0.6 is 24.0 Å². The second kappa shape index (κ2) is 11.9. The lowest BCUT2D eigenvalue weighted by Crippen LogP contribution is -2.39. The van der Waals surface area contributed by atoms with E-state index in [1.54, 1.807) is 20.5 Å². The molecule has 8 heteroatoms. The molecule has 1 heterocycles. The van der Waals surface area contributed by atoms with Crippen molar-refractivity contribution in [1.82, 2.24) is 25.4 Å². The number of aliphatic imine (C=N–C) groups is 1. The number of hydrogen-bond donors (Lipinski definition) is 2. The highest BCUT2D eigenvalue weighted by atomic mass is 127. The summed E-state index contributed by atoms with van der Waals surface area (Å²) in [6.45, 7) is 5.29. The Morgan fingerprint density at radius 1 is 1.40 bits per heavy atom. The number of nitrogens with one attached hydrogen (secondary N) is 2. The van der Waals surface area contributed by atoms with Gasteiger partial charge in [-0.25, -0.2) is 0 Å². The van der Waals surface area contributed by atoms with E-state index in [1.807, 2.05) is 4.57 Å². The van der Waals surface area contributed by atoms with E-state index in [0.717, 1.165) is 50.9 Å². The quantitative estimate of drug-likeness (QED) is 0.292. The number of aryl methyl sites for hydroxylation is 1. The van der Waals surface area contributed by atoms with Crippen LogP contribution in [0.4, 0.5) is 0 Å².